The highest BCUT2D eigenvalue weighted by molar-refractivity contribution is 5.92. The van der Waals surface area contributed by atoms with Crippen LogP contribution in [0.2, 0.25) is 0 Å². The topological polar surface area (TPSA) is 78.4 Å². The number of carbonyl (C=O) groups is 2. The van der Waals surface area contributed by atoms with Crippen LogP contribution < -0.4 is 10.2 Å². The quantitative estimate of drug-likeness (QED) is 0.901. The van der Waals surface area contributed by atoms with E-state index < -0.39 is 0 Å². The van der Waals surface area contributed by atoms with Gasteiger partial charge in [0.2, 0.25) is 11.9 Å². The van der Waals surface area contributed by atoms with Crippen molar-refractivity contribution in [3.05, 3.63) is 18.0 Å². The van der Waals surface area contributed by atoms with Crippen LogP contribution in [0.15, 0.2) is 12.3 Å². The molecule has 1 saturated carbocycles. The highest BCUT2D eigenvalue weighted by Crippen LogP contribution is 2.18. The van der Waals surface area contributed by atoms with Gasteiger partial charge in [0.05, 0.1) is 0 Å². The first-order chi connectivity index (χ1) is 11.6. The number of hydrogen-bond acceptors (Lipinski definition) is 5. The Morgan fingerprint density at radius 3 is 2.50 bits per heavy atom. The predicted octanol–water partition coefficient (Wildman–Crippen LogP) is 1.21. The molecule has 0 spiro atoms. The molecular weight excluding hydrogens is 306 g/mol. The van der Waals surface area contributed by atoms with Gasteiger partial charge in [-0.2, -0.15) is 0 Å². The van der Waals surface area contributed by atoms with Gasteiger partial charge < -0.3 is 15.1 Å². The fourth-order valence-corrected chi connectivity index (χ4v) is 3.35. The molecule has 3 rings (SSSR count). The molecule has 0 bridgehead atoms. The van der Waals surface area contributed by atoms with Crippen LogP contribution in [0.3, 0.4) is 0 Å². The Morgan fingerprint density at radius 1 is 1.12 bits per heavy atom. The minimum Gasteiger partial charge on any atom is -0.348 e. The summed E-state index contributed by atoms with van der Waals surface area (Å²) in [6, 6.07) is 1.93. The van der Waals surface area contributed by atoms with Gasteiger partial charge in [-0.3, -0.25) is 9.59 Å². The van der Waals surface area contributed by atoms with Crippen molar-refractivity contribution < 1.29 is 9.59 Å². The van der Waals surface area contributed by atoms with E-state index in [1.54, 1.807) is 19.2 Å². The number of nitrogens with one attached hydrogen (secondary N) is 1. The monoisotopic (exact) mass is 331 g/mol. The van der Waals surface area contributed by atoms with Crippen molar-refractivity contribution in [3.63, 3.8) is 0 Å². The molecular formula is C17H25N5O2. The molecule has 1 saturated heterocycles. The third kappa shape index (κ3) is 4.01. The van der Waals surface area contributed by atoms with Crippen LogP contribution in [0.1, 0.15) is 49.5 Å². The highest BCUT2D eigenvalue weighted by Gasteiger charge is 2.22. The molecule has 0 unspecified atom stereocenters. The van der Waals surface area contributed by atoms with Gasteiger partial charge in [0, 0.05) is 45.3 Å². The number of aromatic nitrogens is 2. The lowest BCUT2D eigenvalue weighted by atomic mass is 9.95. The molecule has 1 aliphatic heterocycles. The summed E-state index contributed by atoms with van der Waals surface area (Å²) in [6.45, 7) is 4.29. The van der Waals surface area contributed by atoms with Crippen LogP contribution in [-0.4, -0.2) is 58.9 Å². The van der Waals surface area contributed by atoms with E-state index in [1.165, 1.54) is 19.3 Å². The SMILES string of the molecule is CC(=O)N1CCN(c2nccc(C(=O)NC3CCCCC3)n2)CC1. The molecule has 1 N–H and O–H groups in total. The Hall–Kier alpha value is -2.18. The Labute approximate surface area is 142 Å². The smallest absolute Gasteiger partial charge is 0.270 e. The van der Waals surface area contributed by atoms with Crippen LogP contribution in [-0.2, 0) is 4.79 Å². The third-order valence-electron chi connectivity index (χ3n) is 4.82. The van der Waals surface area contributed by atoms with E-state index in [0.29, 0.717) is 37.8 Å². The zero-order valence-corrected chi connectivity index (χ0v) is 14.2. The minimum atomic E-state index is -0.118. The van der Waals surface area contributed by atoms with Crippen molar-refractivity contribution in [2.24, 2.45) is 0 Å². The van der Waals surface area contributed by atoms with Gasteiger partial charge in [-0.25, -0.2) is 9.97 Å². The van der Waals surface area contributed by atoms with E-state index in [2.05, 4.69) is 15.3 Å². The van der Waals surface area contributed by atoms with Crippen molar-refractivity contribution in [1.29, 1.82) is 0 Å². The highest BCUT2D eigenvalue weighted by atomic mass is 16.2. The molecule has 1 aliphatic carbocycles. The average molecular weight is 331 g/mol. The van der Waals surface area contributed by atoms with Crippen molar-refractivity contribution in [2.75, 3.05) is 31.1 Å². The van der Waals surface area contributed by atoms with Crippen molar-refractivity contribution >= 4 is 17.8 Å². The molecule has 2 amide bonds. The first kappa shape index (κ1) is 16.7. The molecule has 1 aromatic rings. The fourth-order valence-electron chi connectivity index (χ4n) is 3.35. The summed E-state index contributed by atoms with van der Waals surface area (Å²) in [5.41, 5.74) is 0.416. The van der Waals surface area contributed by atoms with E-state index in [-0.39, 0.29) is 17.9 Å². The predicted molar refractivity (Wildman–Crippen MR) is 90.8 cm³/mol. The van der Waals surface area contributed by atoms with Crippen molar-refractivity contribution in [2.45, 2.75) is 45.1 Å². The molecule has 0 radical (unpaired) electrons. The van der Waals surface area contributed by atoms with E-state index in [1.807, 2.05) is 9.80 Å². The van der Waals surface area contributed by atoms with Crippen LogP contribution in [0.4, 0.5) is 5.95 Å². The number of anilines is 1. The van der Waals surface area contributed by atoms with Crippen LogP contribution in [0.5, 0.6) is 0 Å². The van der Waals surface area contributed by atoms with Gasteiger partial charge in [0.1, 0.15) is 5.69 Å². The Morgan fingerprint density at radius 2 is 1.83 bits per heavy atom. The van der Waals surface area contributed by atoms with Gasteiger partial charge >= 0.3 is 0 Å². The van der Waals surface area contributed by atoms with E-state index in [4.69, 9.17) is 0 Å². The molecule has 0 atom stereocenters. The average Bonchev–Trinajstić information content (AvgIpc) is 2.63. The molecule has 1 aromatic heterocycles. The van der Waals surface area contributed by atoms with Gasteiger partial charge in [-0.15, -0.1) is 0 Å². The molecule has 0 aromatic carbocycles. The normalized spacial score (nSPS) is 19.2. The zero-order valence-electron chi connectivity index (χ0n) is 14.2. The van der Waals surface area contributed by atoms with Gasteiger partial charge in [-0.1, -0.05) is 19.3 Å². The summed E-state index contributed by atoms with van der Waals surface area (Å²) in [6.07, 6.45) is 7.36. The fraction of sp³-hybridized carbons (Fsp3) is 0.647. The number of nitrogens with zero attached hydrogens (tertiary/aromatic N) is 4. The second kappa shape index (κ2) is 7.59. The summed E-state index contributed by atoms with van der Waals surface area (Å²) >= 11 is 0. The molecule has 2 fully saturated rings. The maximum atomic E-state index is 12.4. The number of hydrogen-bond donors (Lipinski definition) is 1. The Balaban J connectivity index is 1.61. The van der Waals surface area contributed by atoms with E-state index >= 15 is 0 Å². The summed E-state index contributed by atoms with van der Waals surface area (Å²) in [7, 11) is 0. The zero-order chi connectivity index (χ0) is 16.9. The molecule has 7 heteroatoms. The number of amides is 2. The largest absolute Gasteiger partial charge is 0.348 e. The first-order valence-electron chi connectivity index (χ1n) is 8.78. The Bertz CT molecular complexity index is 592. The van der Waals surface area contributed by atoms with Crippen LogP contribution >= 0.6 is 0 Å². The maximum Gasteiger partial charge on any atom is 0.270 e. The molecule has 2 heterocycles. The van der Waals surface area contributed by atoms with Crippen LogP contribution in [0, 0.1) is 0 Å². The Kier molecular flexibility index (Phi) is 5.27. The third-order valence-corrected chi connectivity index (χ3v) is 4.82. The lowest BCUT2D eigenvalue weighted by Crippen LogP contribution is -2.48. The lowest BCUT2D eigenvalue weighted by molar-refractivity contribution is -0.129. The number of rotatable bonds is 3. The summed E-state index contributed by atoms with van der Waals surface area (Å²) < 4.78 is 0. The molecule has 7 nitrogen and oxygen atoms in total. The van der Waals surface area contributed by atoms with E-state index in [9.17, 15) is 9.59 Å². The van der Waals surface area contributed by atoms with Crippen LogP contribution in [0.25, 0.3) is 0 Å². The summed E-state index contributed by atoms with van der Waals surface area (Å²) in [4.78, 5) is 36.4. The molecule has 2 aliphatic rings. The van der Waals surface area contributed by atoms with Crippen molar-refractivity contribution in [1.82, 2.24) is 20.2 Å². The standard InChI is InChI=1S/C17H25N5O2/c1-13(23)21-9-11-22(12-10-21)17-18-8-7-15(20-17)16(24)19-14-5-3-2-4-6-14/h7-8,14H,2-6,9-12H2,1H3,(H,19,24). The maximum absolute atomic E-state index is 12.4. The lowest BCUT2D eigenvalue weighted by Gasteiger charge is -2.34. The number of piperazine rings is 1. The van der Waals surface area contributed by atoms with Crippen molar-refractivity contribution in [3.8, 4) is 0 Å². The molecule has 130 valence electrons. The number of carbonyl (C=O) groups excluding carboxylic acids is 2. The second-order valence-electron chi connectivity index (χ2n) is 6.54. The minimum absolute atomic E-state index is 0.0937. The van der Waals surface area contributed by atoms with Gasteiger partial charge in [0.25, 0.3) is 5.91 Å². The van der Waals surface area contributed by atoms with Gasteiger partial charge in [-0.05, 0) is 18.9 Å². The molecule has 24 heavy (non-hydrogen) atoms. The van der Waals surface area contributed by atoms with Gasteiger partial charge in [0.15, 0.2) is 0 Å². The summed E-state index contributed by atoms with van der Waals surface area (Å²) in [5, 5.41) is 3.09. The summed E-state index contributed by atoms with van der Waals surface area (Å²) in [5.74, 6) is 0.540. The second-order valence-corrected chi connectivity index (χ2v) is 6.54. The van der Waals surface area contributed by atoms with E-state index in [0.717, 1.165) is 12.8 Å². The first-order valence-corrected chi connectivity index (χ1v) is 8.78.